The van der Waals surface area contributed by atoms with Gasteiger partial charge in [-0.1, -0.05) is 6.58 Å². The fourth-order valence-corrected chi connectivity index (χ4v) is 4.75. The molecule has 4 aliphatic rings. The van der Waals surface area contributed by atoms with Crippen molar-refractivity contribution in [3.8, 4) is 0 Å². The van der Waals surface area contributed by atoms with Gasteiger partial charge in [-0.3, -0.25) is 4.79 Å². The summed E-state index contributed by atoms with van der Waals surface area (Å²) in [4.78, 5) is 11.6. The third kappa shape index (κ3) is 2.26. The van der Waals surface area contributed by atoms with E-state index in [4.69, 9.17) is 4.74 Å². The maximum Gasteiger partial charge on any atom is 0.183 e. The predicted molar refractivity (Wildman–Crippen MR) is 69.6 cm³/mol. The molecule has 4 fully saturated rings. The minimum absolute atomic E-state index is 0.00815. The quantitative estimate of drug-likeness (QED) is 0.754. The summed E-state index contributed by atoms with van der Waals surface area (Å²) in [5.41, 5.74) is -1.64. The molecule has 4 saturated carbocycles. The Kier molecular flexibility index (Phi) is 2.73. The second kappa shape index (κ2) is 3.90. The van der Waals surface area contributed by atoms with Crippen LogP contribution in [-0.4, -0.2) is 39.4 Å². The summed E-state index contributed by atoms with van der Waals surface area (Å²) in [5.74, 6) is 0.209. The number of ether oxygens (including phenoxy) is 1. The van der Waals surface area contributed by atoms with Gasteiger partial charge in [0.2, 0.25) is 0 Å². The van der Waals surface area contributed by atoms with E-state index < -0.39 is 16.8 Å². The molecule has 106 valence electrons. The molecule has 0 spiro atoms. The predicted octanol–water partition coefficient (Wildman–Crippen LogP) is 1.35. The number of Topliss-reactive ketones (excluding diaryl/α,β-unsaturated/α-hetero) is 1. The monoisotopic (exact) mass is 266 g/mol. The molecule has 0 saturated heterocycles. The maximum absolute atomic E-state index is 11.6. The minimum Gasteiger partial charge on any atom is -0.390 e. The summed E-state index contributed by atoms with van der Waals surface area (Å²) in [6, 6.07) is 0. The van der Waals surface area contributed by atoms with Crippen molar-refractivity contribution in [2.24, 2.45) is 5.92 Å². The highest BCUT2D eigenvalue weighted by Gasteiger charge is 2.63. The van der Waals surface area contributed by atoms with Crippen molar-refractivity contribution in [1.29, 1.82) is 0 Å². The highest BCUT2D eigenvalue weighted by atomic mass is 16.5. The molecule has 2 N–H and O–H groups in total. The molecule has 0 aromatic rings. The van der Waals surface area contributed by atoms with Crippen molar-refractivity contribution in [2.75, 3.05) is 6.61 Å². The lowest BCUT2D eigenvalue weighted by Crippen LogP contribution is -2.66. The average molecular weight is 266 g/mol. The van der Waals surface area contributed by atoms with Gasteiger partial charge in [0.15, 0.2) is 5.78 Å². The normalized spacial score (nSPS) is 47.4. The molecule has 0 aliphatic heterocycles. The van der Waals surface area contributed by atoms with E-state index in [1.54, 1.807) is 6.92 Å². The van der Waals surface area contributed by atoms with Gasteiger partial charge in [-0.05, 0) is 37.7 Å². The first-order valence-corrected chi connectivity index (χ1v) is 7.01. The topological polar surface area (TPSA) is 66.8 Å². The van der Waals surface area contributed by atoms with Crippen molar-refractivity contribution >= 4 is 5.78 Å². The Hall–Kier alpha value is -0.710. The second-order valence-electron chi connectivity index (χ2n) is 7.13. The SMILES string of the molecule is C=C(C)C(=O)COC12CC3CC(O)(C1)C[C@@](O)(C3)C2. The molecule has 19 heavy (non-hydrogen) atoms. The molecule has 4 bridgehead atoms. The standard InChI is InChI=1S/C15H22O4/c1-10(2)12(16)6-19-15-5-11-3-13(17,8-15)7-14(18,4-11)9-15/h11,17-18H,1,3-9H2,2H3/t11?,13-,14?,15?/m0/s1. The van der Waals surface area contributed by atoms with Gasteiger partial charge in [-0.25, -0.2) is 0 Å². The molecular weight excluding hydrogens is 244 g/mol. The lowest BCUT2D eigenvalue weighted by Gasteiger charge is -2.62. The van der Waals surface area contributed by atoms with Crippen molar-refractivity contribution in [2.45, 2.75) is 62.3 Å². The summed E-state index contributed by atoms with van der Waals surface area (Å²) in [5, 5.41) is 21.1. The first kappa shape index (κ1) is 13.3. The number of carbonyl (C=O) groups excluding carboxylic acids is 1. The summed E-state index contributed by atoms with van der Waals surface area (Å²) in [6.07, 6.45) is 3.91. The van der Waals surface area contributed by atoms with Gasteiger partial charge in [0.05, 0.1) is 16.8 Å². The van der Waals surface area contributed by atoms with Crippen LogP contribution in [0.15, 0.2) is 12.2 Å². The van der Waals surface area contributed by atoms with E-state index in [9.17, 15) is 15.0 Å². The zero-order valence-electron chi connectivity index (χ0n) is 11.4. The lowest BCUT2D eigenvalue weighted by molar-refractivity contribution is -0.265. The van der Waals surface area contributed by atoms with E-state index in [1.807, 2.05) is 0 Å². The first-order chi connectivity index (χ1) is 8.73. The Labute approximate surface area is 113 Å². The van der Waals surface area contributed by atoms with Crippen LogP contribution in [-0.2, 0) is 9.53 Å². The van der Waals surface area contributed by atoms with Gasteiger partial charge < -0.3 is 14.9 Å². The van der Waals surface area contributed by atoms with E-state index in [1.165, 1.54) is 0 Å². The zero-order chi connectivity index (χ0) is 13.9. The first-order valence-electron chi connectivity index (χ1n) is 7.01. The van der Waals surface area contributed by atoms with Gasteiger partial charge in [-0.2, -0.15) is 0 Å². The Morgan fingerprint density at radius 3 is 2.26 bits per heavy atom. The van der Waals surface area contributed by atoms with Crippen LogP contribution in [0.4, 0.5) is 0 Å². The van der Waals surface area contributed by atoms with Gasteiger partial charge >= 0.3 is 0 Å². The van der Waals surface area contributed by atoms with Crippen LogP contribution in [0.1, 0.15) is 45.4 Å². The second-order valence-corrected chi connectivity index (χ2v) is 7.13. The molecule has 3 unspecified atom stereocenters. The van der Waals surface area contributed by atoms with Crippen LogP contribution in [0.3, 0.4) is 0 Å². The molecule has 4 aliphatic carbocycles. The largest absolute Gasteiger partial charge is 0.390 e. The van der Waals surface area contributed by atoms with E-state index >= 15 is 0 Å². The molecule has 0 aromatic carbocycles. The Morgan fingerprint density at radius 2 is 1.79 bits per heavy atom. The average Bonchev–Trinajstić information content (AvgIpc) is 2.20. The minimum atomic E-state index is -0.805. The number of ketones is 1. The fraction of sp³-hybridized carbons (Fsp3) is 0.800. The lowest BCUT2D eigenvalue weighted by atomic mass is 9.50. The third-order valence-electron chi connectivity index (χ3n) is 4.94. The third-order valence-corrected chi connectivity index (χ3v) is 4.94. The number of aliphatic hydroxyl groups is 2. The van der Waals surface area contributed by atoms with E-state index in [-0.39, 0.29) is 12.4 Å². The summed E-state index contributed by atoms with van der Waals surface area (Å²) in [6.45, 7) is 5.30. The van der Waals surface area contributed by atoms with Gasteiger partial charge in [0.1, 0.15) is 6.61 Å². The van der Waals surface area contributed by atoms with E-state index in [0.717, 1.165) is 19.3 Å². The molecule has 4 atom stereocenters. The Bertz CT molecular complexity index is 423. The maximum atomic E-state index is 11.6. The summed E-state index contributed by atoms with van der Waals surface area (Å²) < 4.78 is 5.87. The molecule has 0 aromatic heterocycles. The van der Waals surface area contributed by atoms with Gasteiger partial charge in [-0.15, -0.1) is 0 Å². The highest BCUT2D eigenvalue weighted by Crippen LogP contribution is 2.60. The molecule has 0 radical (unpaired) electrons. The van der Waals surface area contributed by atoms with Crippen molar-refractivity contribution in [3.05, 3.63) is 12.2 Å². The number of hydrogen-bond acceptors (Lipinski definition) is 4. The summed E-state index contributed by atoms with van der Waals surface area (Å²) in [7, 11) is 0. The zero-order valence-corrected chi connectivity index (χ0v) is 11.4. The molecule has 4 rings (SSSR count). The fourth-order valence-electron chi connectivity index (χ4n) is 4.75. The van der Waals surface area contributed by atoms with Gasteiger partial charge in [0.25, 0.3) is 0 Å². The number of hydrogen-bond donors (Lipinski definition) is 2. The Morgan fingerprint density at radius 1 is 1.21 bits per heavy atom. The van der Waals surface area contributed by atoms with Crippen LogP contribution in [0, 0.1) is 5.92 Å². The van der Waals surface area contributed by atoms with Crippen molar-refractivity contribution < 1.29 is 19.7 Å². The van der Waals surface area contributed by atoms with Crippen molar-refractivity contribution in [3.63, 3.8) is 0 Å². The van der Waals surface area contributed by atoms with Gasteiger partial charge in [0, 0.05) is 19.3 Å². The highest BCUT2D eigenvalue weighted by molar-refractivity contribution is 5.95. The summed E-state index contributed by atoms with van der Waals surface area (Å²) >= 11 is 0. The Balaban J connectivity index is 1.77. The van der Waals surface area contributed by atoms with Crippen LogP contribution in [0.2, 0.25) is 0 Å². The molecular formula is C15H22O4. The smallest absolute Gasteiger partial charge is 0.183 e. The molecule has 0 amide bonds. The van der Waals surface area contributed by atoms with Crippen LogP contribution in [0.5, 0.6) is 0 Å². The van der Waals surface area contributed by atoms with Crippen molar-refractivity contribution in [1.82, 2.24) is 0 Å². The number of carbonyl (C=O) groups is 1. The van der Waals surface area contributed by atoms with E-state index in [0.29, 0.717) is 30.8 Å². The van der Waals surface area contributed by atoms with Crippen LogP contribution >= 0.6 is 0 Å². The van der Waals surface area contributed by atoms with Crippen LogP contribution < -0.4 is 0 Å². The molecule has 4 nitrogen and oxygen atoms in total. The molecule has 4 heteroatoms. The van der Waals surface area contributed by atoms with Crippen LogP contribution in [0.25, 0.3) is 0 Å². The van der Waals surface area contributed by atoms with E-state index in [2.05, 4.69) is 6.58 Å². The molecule has 0 heterocycles. The number of rotatable bonds is 4.